The number of hydrogen-bond acceptors (Lipinski definition) is 1. The minimum absolute atomic E-state index is 0.686. The molecule has 0 atom stereocenters. The van der Waals surface area contributed by atoms with Crippen LogP contribution in [0.2, 0.25) is 0 Å². The van der Waals surface area contributed by atoms with Crippen LogP contribution in [0.5, 0.6) is 0 Å². The molecular formula is C12H26N2S. The first-order valence-corrected chi connectivity index (χ1v) is 6.41. The van der Waals surface area contributed by atoms with Gasteiger partial charge in [0.1, 0.15) is 0 Å². The van der Waals surface area contributed by atoms with Gasteiger partial charge in [0, 0.05) is 13.1 Å². The Morgan fingerprint density at radius 1 is 1.07 bits per heavy atom. The van der Waals surface area contributed by atoms with Crippen molar-refractivity contribution in [1.29, 1.82) is 0 Å². The van der Waals surface area contributed by atoms with Gasteiger partial charge in [-0.1, -0.05) is 34.6 Å². The van der Waals surface area contributed by atoms with E-state index in [9.17, 15) is 0 Å². The molecule has 0 aliphatic carbocycles. The van der Waals surface area contributed by atoms with Crippen LogP contribution in [-0.4, -0.2) is 18.2 Å². The van der Waals surface area contributed by atoms with Gasteiger partial charge in [-0.05, 0) is 36.4 Å². The van der Waals surface area contributed by atoms with Crippen molar-refractivity contribution in [3.05, 3.63) is 0 Å². The quantitative estimate of drug-likeness (QED) is 0.686. The Balaban J connectivity index is 3.84. The maximum atomic E-state index is 5.19. The van der Waals surface area contributed by atoms with Crippen LogP contribution in [0, 0.1) is 17.8 Å². The highest BCUT2D eigenvalue weighted by molar-refractivity contribution is 7.80. The second kappa shape index (κ2) is 7.91. The summed E-state index contributed by atoms with van der Waals surface area (Å²) in [6.45, 7) is 13.2. The third-order valence-electron chi connectivity index (χ3n) is 2.75. The number of nitrogens with one attached hydrogen (secondary N) is 2. The van der Waals surface area contributed by atoms with Gasteiger partial charge >= 0.3 is 0 Å². The van der Waals surface area contributed by atoms with Crippen LogP contribution in [0.1, 0.15) is 41.0 Å². The number of rotatable bonds is 6. The standard InChI is InChI=1S/C12H26N2S/c1-6-7-13-12(15)14-8-11(9(2)3)10(4)5/h9-11H,6-8H2,1-5H3,(H2,13,14,15). The molecule has 0 radical (unpaired) electrons. The summed E-state index contributed by atoms with van der Waals surface area (Å²) in [6, 6.07) is 0. The lowest BCUT2D eigenvalue weighted by Gasteiger charge is -2.25. The van der Waals surface area contributed by atoms with Crippen molar-refractivity contribution in [1.82, 2.24) is 10.6 Å². The predicted molar refractivity (Wildman–Crippen MR) is 72.1 cm³/mol. The highest BCUT2D eigenvalue weighted by atomic mass is 32.1. The third kappa shape index (κ3) is 6.72. The lowest BCUT2D eigenvalue weighted by molar-refractivity contribution is 0.288. The number of thiocarbonyl (C=S) groups is 1. The largest absolute Gasteiger partial charge is 0.363 e. The molecule has 0 heterocycles. The highest BCUT2D eigenvalue weighted by Crippen LogP contribution is 2.19. The molecule has 0 fully saturated rings. The molecule has 0 aromatic rings. The molecule has 0 spiro atoms. The molecule has 3 heteroatoms. The van der Waals surface area contributed by atoms with E-state index in [4.69, 9.17) is 12.2 Å². The van der Waals surface area contributed by atoms with Crippen molar-refractivity contribution in [2.75, 3.05) is 13.1 Å². The summed E-state index contributed by atoms with van der Waals surface area (Å²) < 4.78 is 0. The third-order valence-corrected chi connectivity index (χ3v) is 3.04. The first kappa shape index (κ1) is 14.7. The molecule has 0 aliphatic rings. The van der Waals surface area contributed by atoms with Crippen LogP contribution in [-0.2, 0) is 0 Å². The van der Waals surface area contributed by atoms with E-state index in [1.807, 2.05) is 0 Å². The van der Waals surface area contributed by atoms with Gasteiger partial charge in [0.05, 0.1) is 0 Å². The van der Waals surface area contributed by atoms with Crippen molar-refractivity contribution in [2.24, 2.45) is 17.8 Å². The summed E-state index contributed by atoms with van der Waals surface area (Å²) in [7, 11) is 0. The maximum absolute atomic E-state index is 5.19. The molecule has 0 bridgehead atoms. The summed E-state index contributed by atoms with van der Waals surface area (Å²) in [4.78, 5) is 0. The summed E-state index contributed by atoms with van der Waals surface area (Å²) >= 11 is 5.19. The molecule has 0 saturated carbocycles. The Hall–Kier alpha value is -0.310. The zero-order chi connectivity index (χ0) is 11.8. The van der Waals surface area contributed by atoms with E-state index >= 15 is 0 Å². The smallest absolute Gasteiger partial charge is 0.166 e. The minimum Gasteiger partial charge on any atom is -0.363 e. The van der Waals surface area contributed by atoms with E-state index in [2.05, 4.69) is 45.3 Å². The molecule has 90 valence electrons. The predicted octanol–water partition coefficient (Wildman–Crippen LogP) is 2.79. The van der Waals surface area contributed by atoms with E-state index in [1.165, 1.54) is 0 Å². The zero-order valence-electron chi connectivity index (χ0n) is 10.8. The second-order valence-electron chi connectivity index (χ2n) is 4.79. The van der Waals surface area contributed by atoms with Crippen molar-refractivity contribution in [3.63, 3.8) is 0 Å². The molecule has 0 aliphatic heterocycles. The molecule has 2 N–H and O–H groups in total. The molecule has 0 unspecified atom stereocenters. The summed E-state index contributed by atoms with van der Waals surface area (Å²) in [5.74, 6) is 2.09. The molecule has 0 amide bonds. The van der Waals surface area contributed by atoms with Gasteiger partial charge in [-0.15, -0.1) is 0 Å². The maximum Gasteiger partial charge on any atom is 0.166 e. The van der Waals surface area contributed by atoms with Crippen molar-refractivity contribution < 1.29 is 0 Å². The topological polar surface area (TPSA) is 24.1 Å². The molecule has 15 heavy (non-hydrogen) atoms. The average Bonchev–Trinajstić information content (AvgIpc) is 2.13. The number of hydrogen-bond donors (Lipinski definition) is 2. The molecular weight excluding hydrogens is 204 g/mol. The van der Waals surface area contributed by atoms with Crippen LogP contribution in [0.15, 0.2) is 0 Å². The van der Waals surface area contributed by atoms with Crippen LogP contribution >= 0.6 is 12.2 Å². The van der Waals surface area contributed by atoms with Crippen LogP contribution in [0.3, 0.4) is 0 Å². The molecule has 0 aromatic carbocycles. The van der Waals surface area contributed by atoms with Gasteiger partial charge in [0.25, 0.3) is 0 Å². The Morgan fingerprint density at radius 2 is 1.60 bits per heavy atom. The van der Waals surface area contributed by atoms with Gasteiger partial charge in [-0.3, -0.25) is 0 Å². The average molecular weight is 230 g/mol. The molecule has 2 nitrogen and oxygen atoms in total. The van der Waals surface area contributed by atoms with Crippen LogP contribution in [0.25, 0.3) is 0 Å². The fourth-order valence-electron chi connectivity index (χ4n) is 1.75. The Bertz CT molecular complexity index is 170. The first-order chi connectivity index (χ1) is 6.99. The lowest BCUT2D eigenvalue weighted by atomic mass is 9.85. The normalized spacial score (nSPS) is 11.2. The van der Waals surface area contributed by atoms with E-state index in [1.54, 1.807) is 0 Å². The Labute approximate surface area is 100 Å². The fourth-order valence-corrected chi connectivity index (χ4v) is 1.94. The van der Waals surface area contributed by atoms with Crippen molar-refractivity contribution >= 4 is 17.3 Å². The molecule has 0 aromatic heterocycles. The Morgan fingerprint density at radius 3 is 2.00 bits per heavy atom. The second-order valence-corrected chi connectivity index (χ2v) is 5.20. The van der Waals surface area contributed by atoms with Gasteiger partial charge in [0.2, 0.25) is 0 Å². The molecule has 0 saturated heterocycles. The summed E-state index contributed by atoms with van der Waals surface area (Å²) in [6.07, 6.45) is 1.11. The first-order valence-electron chi connectivity index (χ1n) is 6.00. The van der Waals surface area contributed by atoms with Crippen molar-refractivity contribution in [2.45, 2.75) is 41.0 Å². The van der Waals surface area contributed by atoms with Crippen LogP contribution < -0.4 is 10.6 Å². The minimum atomic E-state index is 0.686. The highest BCUT2D eigenvalue weighted by Gasteiger charge is 2.17. The summed E-state index contributed by atoms with van der Waals surface area (Å²) in [5.41, 5.74) is 0. The molecule has 0 rings (SSSR count). The van der Waals surface area contributed by atoms with Crippen molar-refractivity contribution in [3.8, 4) is 0 Å². The fraction of sp³-hybridized carbons (Fsp3) is 0.917. The van der Waals surface area contributed by atoms with Gasteiger partial charge < -0.3 is 10.6 Å². The van der Waals surface area contributed by atoms with Gasteiger partial charge in [0.15, 0.2) is 5.11 Å². The van der Waals surface area contributed by atoms with Crippen LogP contribution in [0.4, 0.5) is 0 Å². The van der Waals surface area contributed by atoms with Gasteiger partial charge in [-0.25, -0.2) is 0 Å². The lowest BCUT2D eigenvalue weighted by Crippen LogP contribution is -2.40. The van der Waals surface area contributed by atoms with E-state index < -0.39 is 0 Å². The van der Waals surface area contributed by atoms with E-state index in [0.29, 0.717) is 17.8 Å². The zero-order valence-corrected chi connectivity index (χ0v) is 11.6. The monoisotopic (exact) mass is 230 g/mol. The Kier molecular flexibility index (Phi) is 7.75. The summed E-state index contributed by atoms with van der Waals surface area (Å²) in [5, 5.41) is 7.28. The van der Waals surface area contributed by atoms with Gasteiger partial charge in [-0.2, -0.15) is 0 Å². The van der Waals surface area contributed by atoms with E-state index in [-0.39, 0.29) is 0 Å². The SMILES string of the molecule is CCCNC(=S)NCC(C(C)C)C(C)C. The van der Waals surface area contributed by atoms with E-state index in [0.717, 1.165) is 24.6 Å².